The highest BCUT2D eigenvalue weighted by Gasteiger charge is 2.38. The molecule has 1 aromatic rings. The number of hydrogen-bond acceptors (Lipinski definition) is 4. The van der Waals surface area contributed by atoms with E-state index in [0.29, 0.717) is 5.56 Å². The lowest BCUT2D eigenvalue weighted by atomic mass is 10.1. The standard InChI is InChI=1S/C14H16FNO4S/c1-8(2)21(19,20)5-4-16-12-10(13(17)14(16)18)6-9(3)7-11(12)15/h6-8H,4-5H2,1-3H3. The average Bonchev–Trinajstić information content (AvgIpc) is 2.61. The van der Waals surface area contributed by atoms with Crippen LogP contribution < -0.4 is 4.90 Å². The van der Waals surface area contributed by atoms with Crippen molar-refractivity contribution in [3.05, 3.63) is 29.1 Å². The number of Topliss-reactive ketones (excluding diaryl/α,β-unsaturated/α-hetero) is 1. The number of anilines is 1. The van der Waals surface area contributed by atoms with Crippen molar-refractivity contribution in [2.75, 3.05) is 17.2 Å². The molecule has 5 nitrogen and oxygen atoms in total. The first-order chi connectivity index (χ1) is 9.65. The van der Waals surface area contributed by atoms with E-state index >= 15 is 0 Å². The van der Waals surface area contributed by atoms with Gasteiger partial charge in [-0.15, -0.1) is 0 Å². The number of aryl methyl sites for hydroxylation is 1. The van der Waals surface area contributed by atoms with E-state index in [1.165, 1.54) is 26.0 Å². The van der Waals surface area contributed by atoms with Gasteiger partial charge >= 0.3 is 0 Å². The van der Waals surface area contributed by atoms with Crippen LogP contribution in [0.5, 0.6) is 0 Å². The minimum absolute atomic E-state index is 0.000514. The summed E-state index contributed by atoms with van der Waals surface area (Å²) >= 11 is 0. The summed E-state index contributed by atoms with van der Waals surface area (Å²) in [6.07, 6.45) is 0. The minimum Gasteiger partial charge on any atom is -0.301 e. The van der Waals surface area contributed by atoms with Crippen LogP contribution in [0, 0.1) is 12.7 Å². The highest BCUT2D eigenvalue weighted by atomic mass is 32.2. The van der Waals surface area contributed by atoms with Crippen LogP contribution in [0.1, 0.15) is 29.8 Å². The Morgan fingerprint density at radius 3 is 2.43 bits per heavy atom. The van der Waals surface area contributed by atoms with Crippen molar-refractivity contribution < 1.29 is 22.4 Å². The maximum atomic E-state index is 14.0. The van der Waals surface area contributed by atoms with E-state index in [-0.39, 0.29) is 23.5 Å². The predicted molar refractivity (Wildman–Crippen MR) is 76.7 cm³/mol. The zero-order valence-electron chi connectivity index (χ0n) is 12.0. The maximum Gasteiger partial charge on any atom is 0.299 e. The fourth-order valence-electron chi connectivity index (χ4n) is 2.19. The summed E-state index contributed by atoms with van der Waals surface area (Å²) in [5, 5.41) is -0.590. The van der Waals surface area contributed by atoms with Crippen LogP contribution in [0.4, 0.5) is 10.1 Å². The third-order valence-corrected chi connectivity index (χ3v) is 5.67. The Labute approximate surface area is 122 Å². The molecule has 0 spiro atoms. The highest BCUT2D eigenvalue weighted by molar-refractivity contribution is 7.92. The van der Waals surface area contributed by atoms with E-state index in [1.54, 1.807) is 6.92 Å². The topological polar surface area (TPSA) is 71.5 Å². The summed E-state index contributed by atoms with van der Waals surface area (Å²) in [6, 6.07) is 2.66. The molecule has 1 heterocycles. The van der Waals surface area contributed by atoms with Crippen LogP contribution in [0.15, 0.2) is 12.1 Å². The van der Waals surface area contributed by atoms with Crippen molar-refractivity contribution in [1.29, 1.82) is 0 Å². The van der Waals surface area contributed by atoms with Crippen LogP contribution in [0.3, 0.4) is 0 Å². The van der Waals surface area contributed by atoms with E-state index in [9.17, 15) is 22.4 Å². The van der Waals surface area contributed by atoms with Crippen LogP contribution in [-0.2, 0) is 14.6 Å². The zero-order chi connectivity index (χ0) is 15.9. The van der Waals surface area contributed by atoms with Gasteiger partial charge in [-0.3, -0.25) is 9.59 Å². The van der Waals surface area contributed by atoms with E-state index in [1.807, 2.05) is 0 Å². The quantitative estimate of drug-likeness (QED) is 0.790. The lowest BCUT2D eigenvalue weighted by Gasteiger charge is -2.18. The number of rotatable bonds is 4. The molecule has 0 N–H and O–H groups in total. The Morgan fingerprint density at radius 2 is 1.86 bits per heavy atom. The Kier molecular flexibility index (Phi) is 3.88. The van der Waals surface area contributed by atoms with Crippen molar-refractivity contribution in [2.45, 2.75) is 26.0 Å². The summed E-state index contributed by atoms with van der Waals surface area (Å²) in [5.41, 5.74) is 0.415. The first-order valence-electron chi connectivity index (χ1n) is 6.53. The minimum atomic E-state index is -3.38. The van der Waals surface area contributed by atoms with Gasteiger partial charge in [-0.05, 0) is 38.5 Å². The fraction of sp³-hybridized carbons (Fsp3) is 0.429. The number of ketones is 1. The second-order valence-corrected chi connectivity index (χ2v) is 8.02. The van der Waals surface area contributed by atoms with Crippen molar-refractivity contribution in [2.24, 2.45) is 0 Å². The van der Waals surface area contributed by atoms with E-state index in [2.05, 4.69) is 0 Å². The number of halogens is 1. The van der Waals surface area contributed by atoms with E-state index < -0.39 is 32.6 Å². The number of sulfone groups is 1. The molecule has 0 saturated heterocycles. The predicted octanol–water partition coefficient (Wildman–Crippen LogP) is 1.49. The normalized spacial score (nSPS) is 15.0. The molecule has 114 valence electrons. The molecule has 0 atom stereocenters. The molecule has 0 unspecified atom stereocenters. The number of hydrogen-bond donors (Lipinski definition) is 0. The van der Waals surface area contributed by atoms with Crippen LogP contribution >= 0.6 is 0 Å². The molecule has 0 aromatic heterocycles. The summed E-state index contributed by atoms with van der Waals surface area (Å²) in [5.74, 6) is -2.68. The third-order valence-electron chi connectivity index (χ3n) is 3.48. The zero-order valence-corrected chi connectivity index (χ0v) is 12.8. The number of amides is 1. The second kappa shape index (κ2) is 5.22. The number of nitrogens with zero attached hydrogens (tertiary/aromatic N) is 1. The van der Waals surface area contributed by atoms with Gasteiger partial charge in [-0.2, -0.15) is 0 Å². The third kappa shape index (κ3) is 2.70. The maximum absolute atomic E-state index is 14.0. The van der Waals surface area contributed by atoms with Crippen LogP contribution in [0.25, 0.3) is 0 Å². The lowest BCUT2D eigenvalue weighted by Crippen LogP contribution is -2.36. The Hall–Kier alpha value is -1.76. The Morgan fingerprint density at radius 1 is 1.24 bits per heavy atom. The highest BCUT2D eigenvalue weighted by Crippen LogP contribution is 2.32. The van der Waals surface area contributed by atoms with Gasteiger partial charge in [0.05, 0.1) is 22.3 Å². The van der Waals surface area contributed by atoms with Gasteiger partial charge in [0.1, 0.15) is 5.82 Å². The van der Waals surface area contributed by atoms with Crippen molar-refractivity contribution in [1.82, 2.24) is 0 Å². The Balaban J connectivity index is 2.36. The van der Waals surface area contributed by atoms with Crippen molar-refractivity contribution in [3.8, 4) is 0 Å². The molecule has 1 aliphatic heterocycles. The number of carbonyl (C=O) groups is 2. The first-order valence-corrected chi connectivity index (χ1v) is 8.24. The molecular formula is C14H16FNO4S. The number of carbonyl (C=O) groups excluding carboxylic acids is 2. The van der Waals surface area contributed by atoms with Gasteiger partial charge in [0, 0.05) is 6.54 Å². The van der Waals surface area contributed by atoms with Crippen molar-refractivity contribution in [3.63, 3.8) is 0 Å². The van der Waals surface area contributed by atoms with Crippen LogP contribution in [-0.4, -0.2) is 37.7 Å². The second-order valence-electron chi connectivity index (χ2n) is 5.34. The lowest BCUT2D eigenvalue weighted by molar-refractivity contribution is -0.114. The van der Waals surface area contributed by atoms with Gasteiger partial charge in [0.25, 0.3) is 11.7 Å². The largest absolute Gasteiger partial charge is 0.301 e. The van der Waals surface area contributed by atoms with Crippen LogP contribution in [0.2, 0.25) is 0 Å². The smallest absolute Gasteiger partial charge is 0.299 e. The molecular weight excluding hydrogens is 297 g/mol. The monoisotopic (exact) mass is 313 g/mol. The van der Waals surface area contributed by atoms with Gasteiger partial charge in [-0.25, -0.2) is 12.8 Å². The molecule has 0 bridgehead atoms. The molecule has 7 heteroatoms. The number of fused-ring (bicyclic) bond motifs is 1. The first kappa shape index (κ1) is 15.6. The molecule has 1 aromatic carbocycles. The molecule has 1 amide bonds. The summed E-state index contributed by atoms with van der Waals surface area (Å²) in [4.78, 5) is 24.7. The molecule has 0 saturated carbocycles. The summed E-state index contributed by atoms with van der Waals surface area (Å²) in [7, 11) is -3.38. The Bertz CT molecular complexity index is 725. The van der Waals surface area contributed by atoms with Gasteiger partial charge < -0.3 is 4.90 Å². The van der Waals surface area contributed by atoms with Gasteiger partial charge in [0.15, 0.2) is 9.84 Å². The average molecular weight is 313 g/mol. The van der Waals surface area contributed by atoms with E-state index in [0.717, 1.165) is 4.90 Å². The molecule has 2 rings (SSSR count). The molecule has 1 aliphatic rings. The summed E-state index contributed by atoms with van der Waals surface area (Å²) in [6.45, 7) is 4.46. The molecule has 0 aliphatic carbocycles. The van der Waals surface area contributed by atoms with Gasteiger partial charge in [0.2, 0.25) is 0 Å². The molecule has 0 radical (unpaired) electrons. The fourth-order valence-corrected chi connectivity index (χ4v) is 3.10. The molecule has 21 heavy (non-hydrogen) atoms. The number of benzene rings is 1. The summed E-state index contributed by atoms with van der Waals surface area (Å²) < 4.78 is 37.7. The van der Waals surface area contributed by atoms with Gasteiger partial charge in [-0.1, -0.05) is 0 Å². The van der Waals surface area contributed by atoms with Crippen molar-refractivity contribution >= 4 is 27.2 Å². The SMILES string of the molecule is Cc1cc(F)c2c(c1)C(=O)C(=O)N2CCS(=O)(=O)C(C)C. The van der Waals surface area contributed by atoms with E-state index in [4.69, 9.17) is 0 Å². The molecule has 0 fully saturated rings.